The maximum absolute atomic E-state index is 12.3. The average Bonchev–Trinajstić information content (AvgIpc) is 2.68. The van der Waals surface area contributed by atoms with Gasteiger partial charge in [0.2, 0.25) is 5.88 Å². The van der Waals surface area contributed by atoms with Crippen molar-refractivity contribution in [3.05, 3.63) is 76.8 Å². The van der Waals surface area contributed by atoms with Crippen molar-refractivity contribution >= 4 is 34.7 Å². The lowest BCUT2D eigenvalue weighted by Crippen LogP contribution is -2.13. The van der Waals surface area contributed by atoms with E-state index in [1.165, 1.54) is 7.11 Å². The first-order valence-electron chi connectivity index (χ1n) is 8.25. The fourth-order valence-electron chi connectivity index (χ4n) is 2.44. The van der Waals surface area contributed by atoms with Crippen LogP contribution >= 0.6 is 11.6 Å². The number of para-hydroxylation sites is 2. The number of ether oxygens (including phenoxy) is 1. The number of hydrogen-bond donors (Lipinski definition) is 3. The minimum absolute atomic E-state index is 0.214. The molecular formula is C20H19ClN4O2. The van der Waals surface area contributed by atoms with Gasteiger partial charge in [0.25, 0.3) is 5.91 Å². The zero-order chi connectivity index (χ0) is 19.2. The maximum atomic E-state index is 12.3. The van der Waals surface area contributed by atoms with E-state index in [1.807, 2.05) is 24.3 Å². The number of hydrogen-bond acceptors (Lipinski definition) is 5. The summed E-state index contributed by atoms with van der Waals surface area (Å²) in [5.74, 6) is 0.839. The number of pyridine rings is 1. The molecule has 27 heavy (non-hydrogen) atoms. The topological polar surface area (TPSA) is 89.3 Å². The number of amides is 1. The van der Waals surface area contributed by atoms with Crippen LogP contribution in [0.15, 0.2) is 60.7 Å². The Balaban J connectivity index is 1.62. The predicted molar refractivity (Wildman–Crippen MR) is 108 cm³/mol. The highest BCUT2D eigenvalue weighted by atomic mass is 35.5. The van der Waals surface area contributed by atoms with Crippen LogP contribution in [-0.2, 0) is 6.54 Å². The summed E-state index contributed by atoms with van der Waals surface area (Å²) in [5.41, 5.74) is 8.50. The Morgan fingerprint density at radius 3 is 2.59 bits per heavy atom. The molecule has 0 fully saturated rings. The Bertz CT molecular complexity index is 945. The first-order valence-corrected chi connectivity index (χ1v) is 8.63. The van der Waals surface area contributed by atoms with E-state index < -0.39 is 0 Å². The van der Waals surface area contributed by atoms with Crippen LogP contribution < -0.4 is 21.1 Å². The summed E-state index contributed by atoms with van der Waals surface area (Å²) in [5, 5.41) is 6.52. The Morgan fingerprint density at radius 1 is 1.15 bits per heavy atom. The second-order valence-corrected chi connectivity index (χ2v) is 6.24. The van der Waals surface area contributed by atoms with Crippen LogP contribution in [0.25, 0.3) is 0 Å². The van der Waals surface area contributed by atoms with Gasteiger partial charge in [-0.2, -0.15) is 4.98 Å². The molecule has 1 aromatic heterocycles. The standard InChI is InChI=1S/C20H19ClN4O2/c1-27-19-11-15(21)10-18(25-19)23-12-13-6-8-14(9-7-13)20(26)24-17-5-3-2-4-16(17)22/h2-11H,12,22H2,1H3,(H,23,25)(H,24,26). The minimum atomic E-state index is -0.214. The van der Waals surface area contributed by atoms with Gasteiger partial charge in [0.05, 0.1) is 18.5 Å². The molecule has 3 aromatic rings. The molecule has 2 aromatic carbocycles. The third-order valence-corrected chi connectivity index (χ3v) is 4.09. The maximum Gasteiger partial charge on any atom is 0.255 e. The molecule has 138 valence electrons. The van der Waals surface area contributed by atoms with E-state index in [4.69, 9.17) is 22.1 Å². The van der Waals surface area contributed by atoms with Gasteiger partial charge in [-0.15, -0.1) is 0 Å². The van der Waals surface area contributed by atoms with Gasteiger partial charge < -0.3 is 21.1 Å². The number of carbonyl (C=O) groups is 1. The van der Waals surface area contributed by atoms with E-state index in [-0.39, 0.29) is 5.91 Å². The van der Waals surface area contributed by atoms with Crippen LogP contribution in [0.3, 0.4) is 0 Å². The highest BCUT2D eigenvalue weighted by Gasteiger charge is 2.08. The number of carbonyl (C=O) groups excluding carboxylic acids is 1. The van der Waals surface area contributed by atoms with Crippen molar-refractivity contribution in [3.63, 3.8) is 0 Å². The number of aromatic nitrogens is 1. The van der Waals surface area contributed by atoms with Crippen molar-refractivity contribution in [2.24, 2.45) is 0 Å². The predicted octanol–water partition coefficient (Wildman–Crippen LogP) is 4.19. The van der Waals surface area contributed by atoms with Crippen molar-refractivity contribution in [3.8, 4) is 5.88 Å². The molecule has 0 aliphatic carbocycles. The van der Waals surface area contributed by atoms with Crippen molar-refractivity contribution in [2.75, 3.05) is 23.5 Å². The van der Waals surface area contributed by atoms with Crippen molar-refractivity contribution in [2.45, 2.75) is 6.54 Å². The van der Waals surface area contributed by atoms with E-state index in [0.29, 0.717) is 40.2 Å². The molecule has 0 unspecified atom stereocenters. The van der Waals surface area contributed by atoms with Crippen LogP contribution in [0.4, 0.5) is 17.2 Å². The molecule has 0 saturated carbocycles. The largest absolute Gasteiger partial charge is 0.481 e. The number of anilines is 3. The molecule has 0 saturated heterocycles. The Morgan fingerprint density at radius 2 is 1.89 bits per heavy atom. The average molecular weight is 383 g/mol. The smallest absolute Gasteiger partial charge is 0.255 e. The van der Waals surface area contributed by atoms with E-state index in [0.717, 1.165) is 5.56 Å². The molecule has 4 N–H and O–H groups in total. The van der Waals surface area contributed by atoms with Gasteiger partial charge in [-0.3, -0.25) is 4.79 Å². The Hall–Kier alpha value is -3.25. The molecule has 0 aliphatic rings. The number of nitrogens with zero attached hydrogens (tertiary/aromatic N) is 1. The van der Waals surface area contributed by atoms with Gasteiger partial charge in [0.1, 0.15) is 5.82 Å². The summed E-state index contributed by atoms with van der Waals surface area (Å²) in [6.45, 7) is 0.532. The molecule has 6 nitrogen and oxygen atoms in total. The van der Waals surface area contributed by atoms with Gasteiger partial charge in [0.15, 0.2) is 0 Å². The van der Waals surface area contributed by atoms with Crippen LogP contribution in [0.5, 0.6) is 5.88 Å². The summed E-state index contributed by atoms with van der Waals surface area (Å²) in [7, 11) is 1.54. The summed E-state index contributed by atoms with van der Waals surface area (Å²) in [4.78, 5) is 16.6. The van der Waals surface area contributed by atoms with Gasteiger partial charge in [0, 0.05) is 23.2 Å². The number of methoxy groups -OCH3 is 1. The summed E-state index contributed by atoms with van der Waals surface area (Å²) >= 11 is 6.03. The number of nitrogens with one attached hydrogen (secondary N) is 2. The summed E-state index contributed by atoms with van der Waals surface area (Å²) in [6.07, 6.45) is 0. The monoisotopic (exact) mass is 382 g/mol. The van der Waals surface area contributed by atoms with Gasteiger partial charge in [-0.1, -0.05) is 35.9 Å². The van der Waals surface area contributed by atoms with Crippen LogP contribution in [0.2, 0.25) is 5.02 Å². The van der Waals surface area contributed by atoms with E-state index in [2.05, 4.69) is 15.6 Å². The molecule has 1 amide bonds. The second kappa shape index (κ2) is 8.42. The minimum Gasteiger partial charge on any atom is -0.481 e. The summed E-state index contributed by atoms with van der Waals surface area (Å²) < 4.78 is 5.10. The summed E-state index contributed by atoms with van der Waals surface area (Å²) in [6, 6.07) is 17.8. The number of rotatable bonds is 6. The highest BCUT2D eigenvalue weighted by Crippen LogP contribution is 2.21. The number of nitrogens with two attached hydrogens (primary N) is 1. The van der Waals surface area contributed by atoms with Crippen molar-refractivity contribution in [1.29, 1.82) is 0 Å². The lowest BCUT2D eigenvalue weighted by molar-refractivity contribution is 0.102. The Kier molecular flexibility index (Phi) is 5.78. The third kappa shape index (κ3) is 4.89. The molecule has 0 bridgehead atoms. The quantitative estimate of drug-likeness (QED) is 0.556. The van der Waals surface area contributed by atoms with Gasteiger partial charge in [-0.25, -0.2) is 0 Å². The number of nitrogen functional groups attached to an aromatic ring is 1. The van der Waals surface area contributed by atoms with Crippen LogP contribution in [-0.4, -0.2) is 18.0 Å². The van der Waals surface area contributed by atoms with E-state index in [1.54, 1.807) is 36.4 Å². The first-order chi connectivity index (χ1) is 13.0. The first kappa shape index (κ1) is 18.5. The number of benzene rings is 2. The zero-order valence-corrected chi connectivity index (χ0v) is 15.5. The molecule has 7 heteroatoms. The van der Waals surface area contributed by atoms with E-state index >= 15 is 0 Å². The highest BCUT2D eigenvalue weighted by molar-refractivity contribution is 6.30. The number of halogens is 1. The normalized spacial score (nSPS) is 10.3. The van der Waals surface area contributed by atoms with E-state index in [9.17, 15) is 4.79 Å². The van der Waals surface area contributed by atoms with Crippen molar-refractivity contribution < 1.29 is 9.53 Å². The third-order valence-electron chi connectivity index (χ3n) is 3.87. The van der Waals surface area contributed by atoms with Crippen LogP contribution in [0, 0.1) is 0 Å². The molecule has 1 heterocycles. The van der Waals surface area contributed by atoms with Gasteiger partial charge in [-0.05, 0) is 35.9 Å². The fourth-order valence-corrected chi connectivity index (χ4v) is 2.64. The fraction of sp³-hybridized carbons (Fsp3) is 0.100. The Labute approximate surface area is 162 Å². The molecule has 0 spiro atoms. The van der Waals surface area contributed by atoms with Crippen LogP contribution in [0.1, 0.15) is 15.9 Å². The lowest BCUT2D eigenvalue weighted by atomic mass is 10.1. The van der Waals surface area contributed by atoms with Gasteiger partial charge >= 0.3 is 0 Å². The van der Waals surface area contributed by atoms with Crippen molar-refractivity contribution in [1.82, 2.24) is 4.98 Å². The molecule has 0 radical (unpaired) electrons. The molecule has 0 atom stereocenters. The molecule has 3 rings (SSSR count). The SMILES string of the molecule is COc1cc(Cl)cc(NCc2ccc(C(=O)Nc3ccccc3N)cc2)n1. The molecule has 0 aliphatic heterocycles. The molecular weight excluding hydrogens is 364 g/mol. The second-order valence-electron chi connectivity index (χ2n) is 5.80. The zero-order valence-electron chi connectivity index (χ0n) is 14.7. The lowest BCUT2D eigenvalue weighted by Gasteiger charge is -2.10.